The highest BCUT2D eigenvalue weighted by Gasteiger charge is 2.28. The summed E-state index contributed by atoms with van der Waals surface area (Å²) in [4.78, 5) is 45.0. The summed E-state index contributed by atoms with van der Waals surface area (Å²) in [6, 6.07) is 4.90. The molecule has 3 aromatic rings. The molecule has 14 heteroatoms. The predicted octanol–water partition coefficient (Wildman–Crippen LogP) is -2.21. The molecule has 0 spiro atoms. The quantitative estimate of drug-likeness (QED) is 0.176. The average Bonchev–Trinajstić information content (AvgIpc) is 3.33. The lowest BCUT2D eigenvalue weighted by Crippen LogP contribution is -3.00. The third-order valence-electron chi connectivity index (χ3n) is 5.67. The van der Waals surface area contributed by atoms with E-state index in [0.717, 1.165) is 16.9 Å². The van der Waals surface area contributed by atoms with Crippen molar-refractivity contribution in [2.45, 2.75) is 32.5 Å². The molecule has 2 aromatic heterocycles. The summed E-state index contributed by atoms with van der Waals surface area (Å²) in [5, 5.41) is 5.49. The van der Waals surface area contributed by atoms with E-state index in [1.165, 1.54) is 11.8 Å². The van der Waals surface area contributed by atoms with Crippen molar-refractivity contribution < 1.29 is 42.9 Å². The number of amides is 2. The SMILES string of the molecule is CCn1c(CNC(=O)c2nc(Cl)c(N)nc2N)[n+](C)c2ccc(C(=O)NC3CCSC3=O)cc21.[I-]. The minimum absolute atomic E-state index is 0. The molecule has 186 valence electrons. The number of anilines is 2. The number of aromatic nitrogens is 4. The van der Waals surface area contributed by atoms with Crippen LogP contribution in [0.5, 0.6) is 0 Å². The molecule has 11 nitrogen and oxygen atoms in total. The molecule has 1 aromatic carbocycles. The Balaban J connectivity index is 0.00000342. The van der Waals surface area contributed by atoms with Gasteiger partial charge in [0, 0.05) is 17.4 Å². The molecule has 3 heterocycles. The summed E-state index contributed by atoms with van der Waals surface area (Å²) < 4.78 is 3.93. The minimum Gasteiger partial charge on any atom is -1.00 e. The van der Waals surface area contributed by atoms with Gasteiger partial charge in [-0.25, -0.2) is 19.1 Å². The molecule has 0 aliphatic carbocycles. The maximum absolute atomic E-state index is 12.7. The van der Waals surface area contributed by atoms with E-state index in [1.807, 2.05) is 29.2 Å². The molecule has 1 atom stereocenters. The van der Waals surface area contributed by atoms with Crippen LogP contribution in [0.4, 0.5) is 11.6 Å². The molecule has 35 heavy (non-hydrogen) atoms. The molecule has 1 saturated heterocycles. The summed E-state index contributed by atoms with van der Waals surface area (Å²) >= 11 is 7.12. The Morgan fingerprint density at radius 2 is 2.00 bits per heavy atom. The highest BCUT2D eigenvalue weighted by Crippen LogP contribution is 2.21. The number of carbonyl (C=O) groups is 3. The number of fused-ring (bicyclic) bond motifs is 1. The lowest BCUT2D eigenvalue weighted by molar-refractivity contribution is -0.654. The van der Waals surface area contributed by atoms with Crippen LogP contribution in [0.3, 0.4) is 0 Å². The van der Waals surface area contributed by atoms with Crippen LogP contribution < -0.4 is 50.6 Å². The number of thioether (sulfide) groups is 1. The van der Waals surface area contributed by atoms with Gasteiger partial charge in [0.1, 0.15) is 6.54 Å². The summed E-state index contributed by atoms with van der Waals surface area (Å²) in [6.45, 7) is 2.73. The predicted molar refractivity (Wildman–Crippen MR) is 129 cm³/mol. The smallest absolute Gasteiger partial charge is 0.276 e. The Morgan fingerprint density at radius 3 is 2.66 bits per heavy atom. The van der Waals surface area contributed by atoms with Crippen molar-refractivity contribution in [3.05, 3.63) is 40.4 Å². The summed E-state index contributed by atoms with van der Waals surface area (Å²) in [5.74, 6) is 0.501. The number of aryl methyl sites for hydroxylation is 2. The monoisotopic (exact) mass is 630 g/mol. The Kier molecular flexibility index (Phi) is 8.43. The van der Waals surface area contributed by atoms with Crippen molar-refractivity contribution >= 4 is 63.0 Å². The van der Waals surface area contributed by atoms with E-state index in [4.69, 9.17) is 23.1 Å². The fourth-order valence-corrected chi connectivity index (χ4v) is 4.97. The number of nitrogens with one attached hydrogen (secondary N) is 2. The van der Waals surface area contributed by atoms with Gasteiger partial charge in [-0.2, -0.15) is 0 Å². The molecule has 2 amide bonds. The Hall–Kier alpha value is -2.65. The van der Waals surface area contributed by atoms with E-state index in [9.17, 15) is 14.4 Å². The molecule has 1 fully saturated rings. The Morgan fingerprint density at radius 1 is 1.26 bits per heavy atom. The van der Waals surface area contributed by atoms with Gasteiger partial charge >= 0.3 is 0 Å². The first kappa shape index (κ1) is 26.9. The van der Waals surface area contributed by atoms with Crippen LogP contribution >= 0.6 is 23.4 Å². The van der Waals surface area contributed by atoms with E-state index < -0.39 is 11.9 Å². The van der Waals surface area contributed by atoms with Gasteiger partial charge in [0.05, 0.1) is 19.6 Å². The minimum atomic E-state index is -0.543. The molecule has 1 aliphatic rings. The number of benzene rings is 1. The van der Waals surface area contributed by atoms with Crippen LogP contribution in [0.25, 0.3) is 11.0 Å². The van der Waals surface area contributed by atoms with E-state index in [2.05, 4.69) is 20.6 Å². The highest BCUT2D eigenvalue weighted by molar-refractivity contribution is 8.14. The number of nitrogens with two attached hydrogens (primary N) is 2. The lowest BCUT2D eigenvalue weighted by atomic mass is 10.1. The topological polar surface area (TPSA) is 162 Å². The molecular weight excluding hydrogens is 607 g/mol. The second-order valence-electron chi connectivity index (χ2n) is 7.72. The van der Waals surface area contributed by atoms with Gasteiger partial charge in [0.25, 0.3) is 17.6 Å². The van der Waals surface area contributed by atoms with E-state index in [-0.39, 0.29) is 64.0 Å². The van der Waals surface area contributed by atoms with Crippen LogP contribution in [0, 0.1) is 0 Å². The summed E-state index contributed by atoms with van der Waals surface area (Å²) in [5.41, 5.74) is 13.4. The lowest BCUT2D eigenvalue weighted by Gasteiger charge is -2.09. The van der Waals surface area contributed by atoms with Crippen molar-refractivity contribution in [2.24, 2.45) is 7.05 Å². The van der Waals surface area contributed by atoms with Crippen molar-refractivity contribution in [1.82, 2.24) is 25.2 Å². The first-order valence-electron chi connectivity index (χ1n) is 10.6. The Bertz CT molecular complexity index is 1330. The largest absolute Gasteiger partial charge is 1.00 e. The van der Waals surface area contributed by atoms with Gasteiger partial charge in [-0.15, -0.1) is 0 Å². The maximum Gasteiger partial charge on any atom is 0.276 e. The highest BCUT2D eigenvalue weighted by atomic mass is 127. The van der Waals surface area contributed by atoms with Crippen molar-refractivity contribution in [2.75, 3.05) is 17.2 Å². The molecule has 1 aliphatic heterocycles. The molecule has 6 N–H and O–H groups in total. The number of nitrogens with zero attached hydrogens (tertiary/aromatic N) is 4. The van der Waals surface area contributed by atoms with Crippen LogP contribution in [0.2, 0.25) is 5.15 Å². The van der Waals surface area contributed by atoms with Crippen LogP contribution in [0.1, 0.15) is 40.0 Å². The molecule has 0 radical (unpaired) electrons. The van der Waals surface area contributed by atoms with Gasteiger partial charge in [0.2, 0.25) is 5.12 Å². The maximum atomic E-state index is 12.7. The van der Waals surface area contributed by atoms with Crippen LogP contribution in [-0.2, 0) is 24.9 Å². The third-order valence-corrected chi connectivity index (χ3v) is 6.96. The number of halogens is 2. The number of carbonyl (C=O) groups excluding carboxylic acids is 3. The summed E-state index contributed by atoms with van der Waals surface area (Å²) in [7, 11) is 1.87. The second kappa shape index (κ2) is 11.0. The number of hydrogen-bond acceptors (Lipinski definition) is 8. The number of rotatable bonds is 6. The standard InChI is InChI=1S/C21H23ClN8O3S.HI/c1-3-30-13-8-10(19(31)26-11-6-7-34-21(11)33)4-5-12(13)29(2)14(30)9-25-20(32)15-17(23)28-18(24)16(22)27-15;/h4-5,8,11H,3,6-7,9H2,1-2H3,(H5-,23,24,25,26,28,31,32);1H. The fraction of sp³-hybridized carbons (Fsp3) is 0.333. The zero-order valence-corrected chi connectivity index (χ0v) is 22.7. The van der Waals surface area contributed by atoms with Crippen LogP contribution in [0.15, 0.2) is 18.2 Å². The van der Waals surface area contributed by atoms with Crippen LogP contribution in [-0.4, -0.2) is 43.3 Å². The Labute approximate surface area is 227 Å². The van der Waals surface area contributed by atoms with Gasteiger partial charge in [-0.3, -0.25) is 14.4 Å². The fourth-order valence-electron chi connectivity index (χ4n) is 3.91. The molecule has 4 rings (SSSR count). The number of hydrogen-bond donors (Lipinski definition) is 4. The molecule has 1 unspecified atom stereocenters. The number of imidazole rings is 1. The van der Waals surface area contributed by atoms with Gasteiger partial charge in [0.15, 0.2) is 33.5 Å². The normalized spacial score (nSPS) is 15.2. The first-order chi connectivity index (χ1) is 16.2. The molecule has 0 bridgehead atoms. The van der Waals surface area contributed by atoms with Gasteiger partial charge in [-0.05, 0) is 25.5 Å². The second-order valence-corrected chi connectivity index (χ2v) is 9.18. The third kappa shape index (κ3) is 5.30. The van der Waals surface area contributed by atoms with Gasteiger partial charge < -0.3 is 46.1 Å². The van der Waals surface area contributed by atoms with Gasteiger partial charge in [-0.1, -0.05) is 23.4 Å². The van der Waals surface area contributed by atoms with E-state index in [1.54, 1.807) is 12.1 Å². The zero-order chi connectivity index (χ0) is 24.6. The molecule has 0 saturated carbocycles. The van der Waals surface area contributed by atoms with Crippen molar-refractivity contribution in [1.29, 1.82) is 0 Å². The first-order valence-corrected chi connectivity index (χ1v) is 11.9. The van der Waals surface area contributed by atoms with Crippen molar-refractivity contribution in [3.63, 3.8) is 0 Å². The summed E-state index contributed by atoms with van der Waals surface area (Å²) in [6.07, 6.45) is 0.635. The number of nitrogen functional groups attached to an aromatic ring is 2. The zero-order valence-electron chi connectivity index (χ0n) is 19.0. The van der Waals surface area contributed by atoms with E-state index in [0.29, 0.717) is 24.3 Å². The van der Waals surface area contributed by atoms with E-state index >= 15 is 0 Å². The average molecular weight is 631 g/mol. The van der Waals surface area contributed by atoms with Crippen molar-refractivity contribution in [3.8, 4) is 0 Å². The molecular formula is C21H24ClIN8O3S.